The summed E-state index contributed by atoms with van der Waals surface area (Å²) in [6.45, 7) is 8.62. The van der Waals surface area contributed by atoms with Crippen LogP contribution in [0.5, 0.6) is 0 Å². The third-order valence-corrected chi connectivity index (χ3v) is 5.60. The van der Waals surface area contributed by atoms with E-state index in [1.54, 1.807) is 7.11 Å². The maximum Gasteiger partial charge on any atom is 0.410 e. The molecular weight excluding hydrogens is 363 g/mol. The Bertz CT molecular complexity index is 656. The van der Waals surface area contributed by atoms with Crippen molar-refractivity contribution in [2.75, 3.05) is 38.2 Å². The maximum absolute atomic E-state index is 13.1. The van der Waals surface area contributed by atoms with Crippen molar-refractivity contribution in [3.05, 3.63) is 18.2 Å². The first-order chi connectivity index (χ1) is 13.3. The van der Waals surface area contributed by atoms with Gasteiger partial charge in [-0.1, -0.05) is 0 Å². The number of hydrogen-bond acceptors (Lipinski definition) is 6. The van der Waals surface area contributed by atoms with E-state index in [2.05, 4.69) is 14.9 Å². The van der Waals surface area contributed by atoms with Crippen LogP contribution in [0, 0.1) is 17.7 Å². The summed E-state index contributed by atoms with van der Waals surface area (Å²) < 4.78 is 24.4. The standard InChI is InChI=1S/C20H31FN4O3/c1-20(2,3)28-19(26)24-8-5-14(6-9-24)16-7-10-25(13-17(16)27-4)18-22-11-15(21)12-23-18/h11-12,14,16-17H,5-10,13H2,1-4H3/t16?,17-/m1/s1. The van der Waals surface area contributed by atoms with Crippen LogP contribution in [-0.2, 0) is 9.47 Å². The van der Waals surface area contributed by atoms with E-state index in [-0.39, 0.29) is 12.2 Å². The molecule has 28 heavy (non-hydrogen) atoms. The summed E-state index contributed by atoms with van der Waals surface area (Å²) in [5.74, 6) is 1.06. The lowest BCUT2D eigenvalue weighted by Crippen LogP contribution is -2.50. The Morgan fingerprint density at radius 3 is 2.36 bits per heavy atom. The minimum Gasteiger partial charge on any atom is -0.444 e. The van der Waals surface area contributed by atoms with Gasteiger partial charge in [-0.3, -0.25) is 0 Å². The zero-order valence-corrected chi connectivity index (χ0v) is 17.2. The molecule has 0 spiro atoms. The summed E-state index contributed by atoms with van der Waals surface area (Å²) in [6.07, 6.45) is 5.12. The highest BCUT2D eigenvalue weighted by atomic mass is 19.1. The fraction of sp³-hybridized carbons (Fsp3) is 0.750. The molecule has 2 aliphatic heterocycles. The normalized spacial score (nSPS) is 24.3. The minimum absolute atomic E-state index is 0.0699. The van der Waals surface area contributed by atoms with Crippen molar-refractivity contribution in [3.8, 4) is 0 Å². The molecule has 0 N–H and O–H groups in total. The van der Waals surface area contributed by atoms with Crippen LogP contribution in [0.15, 0.2) is 12.4 Å². The minimum atomic E-state index is -0.468. The van der Waals surface area contributed by atoms with E-state index < -0.39 is 11.4 Å². The second-order valence-corrected chi connectivity index (χ2v) is 8.68. The number of aromatic nitrogens is 2. The summed E-state index contributed by atoms with van der Waals surface area (Å²) in [6, 6.07) is 0. The van der Waals surface area contributed by atoms with Gasteiger partial charge in [0.2, 0.25) is 5.95 Å². The summed E-state index contributed by atoms with van der Waals surface area (Å²) in [5.41, 5.74) is -0.468. The largest absolute Gasteiger partial charge is 0.444 e. The van der Waals surface area contributed by atoms with Crippen molar-refractivity contribution in [1.82, 2.24) is 14.9 Å². The Morgan fingerprint density at radius 1 is 1.14 bits per heavy atom. The lowest BCUT2D eigenvalue weighted by Gasteiger charge is -2.44. The molecule has 2 aliphatic rings. The highest BCUT2D eigenvalue weighted by Crippen LogP contribution is 2.35. The molecule has 0 aromatic carbocycles. The van der Waals surface area contributed by atoms with Gasteiger partial charge >= 0.3 is 6.09 Å². The van der Waals surface area contributed by atoms with E-state index in [1.165, 1.54) is 12.4 Å². The van der Waals surface area contributed by atoms with Gasteiger partial charge < -0.3 is 19.3 Å². The summed E-state index contributed by atoms with van der Waals surface area (Å²) >= 11 is 0. The smallest absolute Gasteiger partial charge is 0.410 e. The number of carbonyl (C=O) groups is 1. The number of piperidine rings is 2. The third-order valence-electron chi connectivity index (χ3n) is 5.60. The molecule has 1 unspecified atom stereocenters. The van der Waals surface area contributed by atoms with Gasteiger partial charge in [0.25, 0.3) is 0 Å². The summed E-state index contributed by atoms with van der Waals surface area (Å²) in [7, 11) is 1.74. The number of ether oxygens (including phenoxy) is 2. The Labute approximate surface area is 166 Å². The van der Waals surface area contributed by atoms with Gasteiger partial charge in [0.05, 0.1) is 18.5 Å². The predicted molar refractivity (Wildman–Crippen MR) is 104 cm³/mol. The molecule has 156 valence electrons. The second kappa shape index (κ2) is 8.59. The van der Waals surface area contributed by atoms with E-state index in [4.69, 9.17) is 9.47 Å². The fourth-order valence-corrected chi connectivity index (χ4v) is 4.21. The number of hydrogen-bond donors (Lipinski definition) is 0. The number of nitrogens with zero attached hydrogens (tertiary/aromatic N) is 4. The average Bonchev–Trinajstić information content (AvgIpc) is 2.67. The number of amides is 1. The molecule has 2 saturated heterocycles. The molecule has 1 aromatic heterocycles. The molecule has 3 heterocycles. The first-order valence-electron chi connectivity index (χ1n) is 10.00. The van der Waals surface area contributed by atoms with Gasteiger partial charge in [0, 0.05) is 33.3 Å². The van der Waals surface area contributed by atoms with Gasteiger partial charge in [-0.2, -0.15) is 0 Å². The molecule has 0 radical (unpaired) electrons. The van der Waals surface area contributed by atoms with E-state index in [0.717, 1.165) is 38.9 Å². The Kier molecular flexibility index (Phi) is 6.37. The lowest BCUT2D eigenvalue weighted by atomic mass is 9.77. The van der Waals surface area contributed by atoms with Gasteiger partial charge in [-0.05, 0) is 51.9 Å². The quantitative estimate of drug-likeness (QED) is 0.785. The Morgan fingerprint density at radius 2 is 1.79 bits per heavy atom. The first-order valence-corrected chi connectivity index (χ1v) is 10.00. The highest BCUT2D eigenvalue weighted by molar-refractivity contribution is 5.68. The molecule has 7 nitrogen and oxygen atoms in total. The fourth-order valence-electron chi connectivity index (χ4n) is 4.21. The average molecular weight is 394 g/mol. The van der Waals surface area contributed by atoms with Crippen molar-refractivity contribution in [2.24, 2.45) is 11.8 Å². The number of carbonyl (C=O) groups excluding carboxylic acids is 1. The zero-order chi connectivity index (χ0) is 20.3. The second-order valence-electron chi connectivity index (χ2n) is 8.68. The van der Waals surface area contributed by atoms with Crippen LogP contribution < -0.4 is 4.90 Å². The van der Waals surface area contributed by atoms with Crippen LogP contribution in [0.25, 0.3) is 0 Å². The van der Waals surface area contributed by atoms with Crippen LogP contribution in [0.2, 0.25) is 0 Å². The van der Waals surface area contributed by atoms with Gasteiger partial charge in [-0.15, -0.1) is 0 Å². The van der Waals surface area contributed by atoms with E-state index in [0.29, 0.717) is 24.3 Å². The molecule has 0 saturated carbocycles. The number of anilines is 1. The summed E-state index contributed by atoms with van der Waals surface area (Å²) in [5, 5.41) is 0. The number of likely N-dealkylation sites (tertiary alicyclic amines) is 1. The molecule has 8 heteroatoms. The van der Waals surface area contributed by atoms with Crippen molar-refractivity contribution >= 4 is 12.0 Å². The SMILES string of the molecule is CO[C@@H]1CN(c2ncc(F)cn2)CCC1C1CCN(C(=O)OC(C)(C)C)CC1. The molecule has 1 aromatic rings. The zero-order valence-electron chi connectivity index (χ0n) is 17.2. The lowest BCUT2D eigenvalue weighted by molar-refractivity contribution is -0.00990. The van der Waals surface area contributed by atoms with Crippen LogP contribution in [0.3, 0.4) is 0 Å². The van der Waals surface area contributed by atoms with Gasteiger partial charge in [0.15, 0.2) is 5.82 Å². The third kappa shape index (κ3) is 5.10. The molecule has 2 fully saturated rings. The Balaban J connectivity index is 1.55. The topological polar surface area (TPSA) is 67.8 Å². The van der Waals surface area contributed by atoms with Gasteiger partial charge in [0.1, 0.15) is 5.60 Å². The molecule has 2 atom stereocenters. The van der Waals surface area contributed by atoms with Crippen LogP contribution in [-0.4, -0.2) is 66.0 Å². The number of halogens is 1. The van der Waals surface area contributed by atoms with Crippen LogP contribution in [0.4, 0.5) is 15.1 Å². The van der Waals surface area contributed by atoms with Crippen molar-refractivity contribution in [1.29, 1.82) is 0 Å². The van der Waals surface area contributed by atoms with E-state index >= 15 is 0 Å². The highest BCUT2D eigenvalue weighted by Gasteiger charge is 2.38. The van der Waals surface area contributed by atoms with Crippen LogP contribution >= 0.6 is 0 Å². The first kappa shape index (κ1) is 20.8. The van der Waals surface area contributed by atoms with Crippen molar-refractivity contribution in [2.45, 2.75) is 51.7 Å². The summed E-state index contributed by atoms with van der Waals surface area (Å²) in [4.78, 5) is 24.3. The van der Waals surface area contributed by atoms with E-state index in [1.807, 2.05) is 25.7 Å². The number of rotatable bonds is 3. The van der Waals surface area contributed by atoms with Crippen molar-refractivity contribution in [3.63, 3.8) is 0 Å². The molecule has 1 amide bonds. The van der Waals surface area contributed by atoms with Crippen molar-refractivity contribution < 1.29 is 18.7 Å². The Hall–Kier alpha value is -1.96. The molecule has 3 rings (SSSR count). The van der Waals surface area contributed by atoms with Crippen LogP contribution in [0.1, 0.15) is 40.0 Å². The predicted octanol–water partition coefficient (Wildman–Crippen LogP) is 3.10. The molecule has 0 bridgehead atoms. The van der Waals surface area contributed by atoms with Gasteiger partial charge in [-0.25, -0.2) is 19.2 Å². The molecular formula is C20H31FN4O3. The van der Waals surface area contributed by atoms with E-state index in [9.17, 15) is 9.18 Å². The number of methoxy groups -OCH3 is 1. The molecule has 0 aliphatic carbocycles. The maximum atomic E-state index is 13.1. The monoisotopic (exact) mass is 394 g/mol.